The Morgan fingerprint density at radius 3 is 2.51 bits per heavy atom. The third-order valence-corrected chi connectivity index (χ3v) is 10.4. The molecule has 47 heavy (non-hydrogen) atoms. The summed E-state index contributed by atoms with van der Waals surface area (Å²) in [4.78, 5) is 16.0. The van der Waals surface area contributed by atoms with Gasteiger partial charge in [0.2, 0.25) is 10.0 Å². The molecule has 0 bridgehead atoms. The molecule has 2 aliphatic rings. The van der Waals surface area contributed by atoms with Gasteiger partial charge in [0.05, 0.1) is 31.8 Å². The lowest BCUT2D eigenvalue weighted by molar-refractivity contribution is -0.605. The number of alkyl halides is 2. The van der Waals surface area contributed by atoms with Crippen molar-refractivity contribution in [2.24, 2.45) is 5.92 Å². The van der Waals surface area contributed by atoms with Crippen LogP contribution in [0, 0.1) is 11.1 Å². The van der Waals surface area contributed by atoms with E-state index in [9.17, 15) is 27.2 Å². The molecule has 1 atom stereocenters. The number of aromatic nitrogens is 1. The van der Waals surface area contributed by atoms with Crippen molar-refractivity contribution in [3.05, 3.63) is 73.3 Å². The first-order valence-corrected chi connectivity index (χ1v) is 18.2. The molecule has 1 saturated carbocycles. The van der Waals surface area contributed by atoms with E-state index in [4.69, 9.17) is 37.4 Å². The number of anilines is 1. The van der Waals surface area contributed by atoms with Crippen molar-refractivity contribution in [3.63, 3.8) is 0 Å². The number of halogens is 4. The van der Waals surface area contributed by atoms with E-state index in [0.717, 1.165) is 42.8 Å². The summed E-state index contributed by atoms with van der Waals surface area (Å²) in [5, 5.41) is 13.5. The third-order valence-electron chi connectivity index (χ3n) is 7.65. The standard InChI is InChI=1S/C30H33Cl2F2N3O8S2/c1-47(40,41)37(8-7-35-9-11-42-12-10-35)24-6-13-46-28(24)29(38)44-26(15-21-22(31)16-36(39)17-23(21)32)20-4-5-25(45-30(33)34)27(14-20)43-18-19-2-3-19/h4-6,13-14,16-17,19,26,30H,2-3,7-12,15,18H2,1H3/t26-/m0/s1. The van der Waals surface area contributed by atoms with E-state index in [1.54, 1.807) is 5.38 Å². The van der Waals surface area contributed by atoms with Gasteiger partial charge in [-0.3, -0.25) is 9.21 Å². The Kier molecular flexibility index (Phi) is 11.7. The minimum atomic E-state index is -3.80. The average molecular weight is 737 g/mol. The van der Waals surface area contributed by atoms with Crippen LogP contribution in [0.3, 0.4) is 0 Å². The number of carbonyl (C=O) groups is 1. The van der Waals surface area contributed by atoms with Crippen LogP contribution >= 0.6 is 34.5 Å². The molecule has 3 heterocycles. The number of hydrogen-bond donors (Lipinski definition) is 0. The minimum absolute atomic E-state index is 0.0135. The minimum Gasteiger partial charge on any atom is -0.619 e. The Morgan fingerprint density at radius 1 is 1.17 bits per heavy atom. The smallest absolute Gasteiger partial charge is 0.387 e. The van der Waals surface area contributed by atoms with E-state index in [-0.39, 0.29) is 51.7 Å². The van der Waals surface area contributed by atoms with Crippen molar-refractivity contribution in [2.75, 3.05) is 56.6 Å². The maximum Gasteiger partial charge on any atom is 0.387 e. The summed E-state index contributed by atoms with van der Waals surface area (Å²) in [6.07, 6.45) is 3.93. The zero-order chi connectivity index (χ0) is 33.7. The molecule has 0 amide bonds. The molecule has 0 N–H and O–H groups in total. The molecule has 11 nitrogen and oxygen atoms in total. The molecule has 0 radical (unpaired) electrons. The number of hydrogen-bond acceptors (Lipinski definition) is 10. The highest BCUT2D eigenvalue weighted by Gasteiger charge is 2.30. The zero-order valence-corrected chi connectivity index (χ0v) is 28.4. The van der Waals surface area contributed by atoms with Crippen molar-refractivity contribution in [1.29, 1.82) is 0 Å². The highest BCUT2D eigenvalue weighted by Crippen LogP contribution is 2.39. The third kappa shape index (κ3) is 9.57. The molecular weight excluding hydrogens is 703 g/mol. The van der Waals surface area contributed by atoms with Crippen molar-refractivity contribution >= 4 is 56.2 Å². The summed E-state index contributed by atoms with van der Waals surface area (Å²) in [6, 6.07) is 5.71. The number of morpholine rings is 1. The van der Waals surface area contributed by atoms with E-state index in [0.29, 0.717) is 54.6 Å². The maximum atomic E-state index is 13.8. The SMILES string of the molecule is CS(=O)(=O)N(CCN1CCOCC1)c1ccsc1C(=O)O[C@@H](Cc1c(Cl)c[n+]([O-])cc1Cl)c1ccc(OC(F)F)c(OCC2CC2)c1. The van der Waals surface area contributed by atoms with Crippen molar-refractivity contribution in [3.8, 4) is 11.5 Å². The number of carbonyl (C=O) groups excluding carboxylic acids is 1. The molecule has 1 aliphatic carbocycles. The van der Waals surface area contributed by atoms with E-state index in [2.05, 4.69) is 9.64 Å². The maximum absolute atomic E-state index is 13.8. The summed E-state index contributed by atoms with van der Waals surface area (Å²) in [5.41, 5.74) is 0.787. The summed E-state index contributed by atoms with van der Waals surface area (Å²) in [5.74, 6) is -0.704. The molecule has 2 aromatic heterocycles. The summed E-state index contributed by atoms with van der Waals surface area (Å²) >= 11 is 13.7. The number of ether oxygens (including phenoxy) is 4. The molecule has 17 heteroatoms. The molecule has 5 rings (SSSR count). The first-order valence-electron chi connectivity index (χ1n) is 14.7. The van der Waals surface area contributed by atoms with Gasteiger partial charge in [0, 0.05) is 38.2 Å². The van der Waals surface area contributed by atoms with Crippen LogP contribution < -0.4 is 18.5 Å². The lowest BCUT2D eigenvalue weighted by atomic mass is 10.0. The summed E-state index contributed by atoms with van der Waals surface area (Å²) in [6.45, 7) is 0.104. The molecule has 1 aliphatic heterocycles. The highest BCUT2D eigenvalue weighted by atomic mass is 35.5. The molecule has 0 unspecified atom stereocenters. The van der Waals surface area contributed by atoms with Crippen molar-refractivity contribution in [1.82, 2.24) is 4.90 Å². The molecule has 0 spiro atoms. The number of thiophene rings is 1. The predicted molar refractivity (Wildman–Crippen MR) is 172 cm³/mol. The van der Waals surface area contributed by atoms with E-state index in [1.807, 2.05) is 0 Å². The van der Waals surface area contributed by atoms with Gasteiger partial charge in [-0.05, 0) is 47.9 Å². The van der Waals surface area contributed by atoms with Gasteiger partial charge >= 0.3 is 12.6 Å². The molecule has 1 saturated heterocycles. The van der Waals surface area contributed by atoms with Crippen molar-refractivity contribution < 1.29 is 45.7 Å². The van der Waals surface area contributed by atoms with Crippen LogP contribution in [0.1, 0.15) is 39.7 Å². The zero-order valence-electron chi connectivity index (χ0n) is 25.3. The summed E-state index contributed by atoms with van der Waals surface area (Å²) < 4.78 is 75.7. The number of rotatable bonds is 15. The van der Waals surface area contributed by atoms with Gasteiger partial charge in [0.1, 0.15) is 21.0 Å². The fourth-order valence-corrected chi connectivity index (χ4v) is 7.37. The van der Waals surface area contributed by atoms with Crippen LogP contribution in [-0.2, 0) is 25.9 Å². The second-order valence-corrected chi connectivity index (χ2v) is 14.8. The molecule has 256 valence electrons. The fraction of sp³-hybridized carbons (Fsp3) is 0.467. The topological polar surface area (TPSA) is 122 Å². The van der Waals surface area contributed by atoms with Gasteiger partial charge in [0.15, 0.2) is 23.9 Å². The van der Waals surface area contributed by atoms with Gasteiger partial charge in [-0.2, -0.15) is 13.5 Å². The number of benzene rings is 1. The molecule has 1 aromatic carbocycles. The normalized spacial score (nSPS) is 16.2. The number of nitrogens with zero attached hydrogens (tertiary/aromatic N) is 3. The second kappa shape index (κ2) is 15.5. The monoisotopic (exact) mass is 735 g/mol. The molecular formula is C30H33Cl2F2N3O8S2. The Bertz CT molecular complexity index is 1650. The van der Waals surface area contributed by atoms with E-state index < -0.39 is 28.7 Å². The first-order chi connectivity index (χ1) is 22.4. The number of esters is 1. The van der Waals surface area contributed by atoms with Gasteiger partial charge in [-0.1, -0.05) is 29.3 Å². The first kappa shape index (κ1) is 35.4. The Labute approximate surface area is 285 Å². The van der Waals surface area contributed by atoms with E-state index >= 15 is 0 Å². The van der Waals surface area contributed by atoms with Gasteiger partial charge in [-0.25, -0.2) is 13.2 Å². The molecule has 2 fully saturated rings. The predicted octanol–water partition coefficient (Wildman–Crippen LogP) is 5.32. The van der Waals surface area contributed by atoms with Crippen LogP contribution in [0.25, 0.3) is 0 Å². The summed E-state index contributed by atoms with van der Waals surface area (Å²) in [7, 11) is -3.80. The van der Waals surface area contributed by atoms with Gasteiger partial charge < -0.3 is 24.2 Å². The number of pyridine rings is 1. The Morgan fingerprint density at radius 2 is 1.87 bits per heavy atom. The average Bonchev–Trinajstić information content (AvgIpc) is 3.71. The second-order valence-electron chi connectivity index (χ2n) is 11.2. The Balaban J connectivity index is 1.46. The fourth-order valence-electron chi connectivity index (χ4n) is 5.02. The lowest BCUT2D eigenvalue weighted by Gasteiger charge is -2.30. The highest BCUT2D eigenvalue weighted by molar-refractivity contribution is 7.92. The Hall–Kier alpha value is -2.95. The van der Waals surface area contributed by atoms with Gasteiger partial charge in [-0.15, -0.1) is 11.3 Å². The largest absolute Gasteiger partial charge is 0.619 e. The van der Waals surface area contributed by atoms with Crippen molar-refractivity contribution in [2.45, 2.75) is 32.0 Å². The van der Waals surface area contributed by atoms with E-state index in [1.165, 1.54) is 28.6 Å². The van der Waals surface area contributed by atoms with Crippen LogP contribution in [0.15, 0.2) is 42.0 Å². The van der Waals surface area contributed by atoms with Gasteiger partial charge in [0.25, 0.3) is 0 Å². The van der Waals surface area contributed by atoms with Crippen LogP contribution in [0.2, 0.25) is 10.0 Å². The lowest BCUT2D eigenvalue weighted by Crippen LogP contribution is -2.43. The quantitative estimate of drug-likeness (QED) is 0.116. The number of sulfonamides is 1. The van der Waals surface area contributed by atoms with Crippen LogP contribution in [0.4, 0.5) is 14.5 Å². The van der Waals surface area contributed by atoms with Crippen LogP contribution in [-0.4, -0.2) is 78.2 Å². The van der Waals surface area contributed by atoms with Crippen LogP contribution in [0.5, 0.6) is 11.5 Å². The molecule has 3 aromatic rings.